The highest BCUT2D eigenvalue weighted by Gasteiger charge is 2.07. The SMILES string of the molecule is CC(C)CCNCc1ccc(-c2cc(Cl)cc(Cl)c2)o1.Cl. The second kappa shape index (κ2) is 8.70. The Kier molecular flexibility index (Phi) is 7.61. The molecule has 2 aromatic rings. The molecular formula is C16H20Cl3NO. The van der Waals surface area contributed by atoms with Gasteiger partial charge in [0.05, 0.1) is 6.54 Å². The standard InChI is InChI=1S/C16H19Cl2NO.ClH/c1-11(2)5-6-19-10-15-3-4-16(20-15)12-7-13(17)9-14(18)8-12;/h3-4,7-9,11,19H,5-6,10H2,1-2H3;1H. The predicted octanol–water partition coefficient (Wildman–Crippen LogP) is 5.81. The summed E-state index contributed by atoms with van der Waals surface area (Å²) in [4.78, 5) is 0. The number of halogens is 3. The van der Waals surface area contributed by atoms with Gasteiger partial charge in [-0.25, -0.2) is 0 Å². The lowest BCUT2D eigenvalue weighted by Gasteiger charge is -2.05. The quantitative estimate of drug-likeness (QED) is 0.666. The van der Waals surface area contributed by atoms with E-state index in [1.54, 1.807) is 6.07 Å². The number of hydrogen-bond donors (Lipinski definition) is 1. The van der Waals surface area contributed by atoms with Crippen molar-refractivity contribution in [1.82, 2.24) is 5.32 Å². The fourth-order valence-electron chi connectivity index (χ4n) is 1.93. The van der Waals surface area contributed by atoms with Crippen molar-refractivity contribution in [1.29, 1.82) is 0 Å². The molecule has 0 fully saturated rings. The van der Waals surface area contributed by atoms with Gasteiger partial charge in [-0.15, -0.1) is 12.4 Å². The smallest absolute Gasteiger partial charge is 0.134 e. The molecule has 2 nitrogen and oxygen atoms in total. The van der Waals surface area contributed by atoms with E-state index in [9.17, 15) is 0 Å². The molecule has 1 N–H and O–H groups in total. The molecule has 0 radical (unpaired) electrons. The van der Waals surface area contributed by atoms with E-state index in [0.29, 0.717) is 16.0 Å². The molecule has 5 heteroatoms. The molecule has 0 amide bonds. The second-order valence-electron chi connectivity index (χ2n) is 5.28. The van der Waals surface area contributed by atoms with E-state index in [4.69, 9.17) is 27.6 Å². The van der Waals surface area contributed by atoms with E-state index >= 15 is 0 Å². The number of hydrogen-bond acceptors (Lipinski definition) is 2. The van der Waals surface area contributed by atoms with Crippen molar-refractivity contribution in [2.24, 2.45) is 5.92 Å². The number of nitrogens with one attached hydrogen (secondary N) is 1. The predicted molar refractivity (Wildman–Crippen MR) is 92.6 cm³/mol. The molecule has 0 saturated heterocycles. The van der Waals surface area contributed by atoms with Gasteiger partial charge >= 0.3 is 0 Å². The monoisotopic (exact) mass is 347 g/mol. The van der Waals surface area contributed by atoms with Gasteiger partial charge in [0.2, 0.25) is 0 Å². The fourth-order valence-corrected chi connectivity index (χ4v) is 2.45. The molecule has 1 heterocycles. The second-order valence-corrected chi connectivity index (χ2v) is 6.16. The number of benzene rings is 1. The average molecular weight is 349 g/mol. The van der Waals surface area contributed by atoms with Crippen LogP contribution in [0.2, 0.25) is 10.0 Å². The first-order chi connectivity index (χ1) is 9.54. The molecule has 0 spiro atoms. The molecule has 0 unspecified atom stereocenters. The summed E-state index contributed by atoms with van der Waals surface area (Å²) < 4.78 is 5.81. The first kappa shape index (κ1) is 18.4. The lowest BCUT2D eigenvalue weighted by molar-refractivity contribution is 0.474. The van der Waals surface area contributed by atoms with E-state index in [2.05, 4.69) is 19.2 Å². The molecule has 0 atom stereocenters. The third-order valence-electron chi connectivity index (χ3n) is 3.01. The van der Waals surface area contributed by atoms with Crippen LogP contribution in [0.5, 0.6) is 0 Å². The maximum Gasteiger partial charge on any atom is 0.134 e. The molecule has 21 heavy (non-hydrogen) atoms. The summed E-state index contributed by atoms with van der Waals surface area (Å²) in [5.41, 5.74) is 0.899. The molecule has 1 aromatic carbocycles. The molecule has 0 aliphatic heterocycles. The van der Waals surface area contributed by atoms with E-state index in [1.165, 1.54) is 0 Å². The Morgan fingerprint density at radius 2 is 1.76 bits per heavy atom. The van der Waals surface area contributed by atoms with Gasteiger partial charge in [0.1, 0.15) is 11.5 Å². The van der Waals surface area contributed by atoms with Gasteiger partial charge in [-0.05, 0) is 49.2 Å². The summed E-state index contributed by atoms with van der Waals surface area (Å²) in [6.07, 6.45) is 1.16. The number of furan rings is 1. The summed E-state index contributed by atoms with van der Waals surface area (Å²) in [5, 5.41) is 4.60. The van der Waals surface area contributed by atoms with Gasteiger partial charge in [-0.1, -0.05) is 37.0 Å². The van der Waals surface area contributed by atoms with Crippen LogP contribution in [0.1, 0.15) is 26.0 Å². The Bertz CT molecular complexity index is 546. The van der Waals surface area contributed by atoms with Gasteiger partial charge in [0.15, 0.2) is 0 Å². The van der Waals surface area contributed by atoms with Gasteiger partial charge in [-0.2, -0.15) is 0 Å². The molecule has 116 valence electrons. The number of rotatable bonds is 6. The molecule has 0 aliphatic rings. The van der Waals surface area contributed by atoms with Gasteiger partial charge in [-0.3, -0.25) is 0 Å². The Hall–Kier alpha value is -0.670. The summed E-state index contributed by atoms with van der Waals surface area (Å²) in [6.45, 7) is 6.17. The zero-order valence-corrected chi connectivity index (χ0v) is 14.5. The highest BCUT2D eigenvalue weighted by Crippen LogP contribution is 2.28. The zero-order valence-electron chi connectivity index (χ0n) is 12.2. The van der Waals surface area contributed by atoms with Crippen LogP contribution >= 0.6 is 35.6 Å². The molecule has 1 aromatic heterocycles. The van der Waals surface area contributed by atoms with E-state index < -0.39 is 0 Å². The van der Waals surface area contributed by atoms with Crippen molar-refractivity contribution in [3.63, 3.8) is 0 Å². The summed E-state index contributed by atoms with van der Waals surface area (Å²) in [6, 6.07) is 9.34. The molecular weight excluding hydrogens is 329 g/mol. The van der Waals surface area contributed by atoms with Crippen molar-refractivity contribution in [3.05, 3.63) is 46.1 Å². The van der Waals surface area contributed by atoms with Gasteiger partial charge in [0, 0.05) is 15.6 Å². The van der Waals surface area contributed by atoms with Crippen molar-refractivity contribution in [2.75, 3.05) is 6.54 Å². The Balaban J connectivity index is 0.00000220. The lowest BCUT2D eigenvalue weighted by atomic mass is 10.1. The van der Waals surface area contributed by atoms with Crippen LogP contribution in [0, 0.1) is 5.92 Å². The minimum atomic E-state index is 0. The minimum Gasteiger partial charge on any atom is -0.460 e. The molecule has 0 bridgehead atoms. The first-order valence-corrected chi connectivity index (χ1v) is 7.56. The maximum atomic E-state index is 6.00. The Morgan fingerprint density at radius 1 is 1.10 bits per heavy atom. The normalized spacial score (nSPS) is 10.7. The largest absolute Gasteiger partial charge is 0.460 e. The minimum absolute atomic E-state index is 0. The third kappa shape index (κ3) is 5.91. The van der Waals surface area contributed by atoms with E-state index in [1.807, 2.05) is 24.3 Å². The molecule has 0 saturated carbocycles. The van der Waals surface area contributed by atoms with Crippen LogP contribution in [-0.2, 0) is 6.54 Å². The maximum absolute atomic E-state index is 6.00. The van der Waals surface area contributed by atoms with Crippen LogP contribution in [0.15, 0.2) is 34.7 Å². The fraction of sp³-hybridized carbons (Fsp3) is 0.375. The zero-order chi connectivity index (χ0) is 14.5. The summed E-state index contributed by atoms with van der Waals surface area (Å²) >= 11 is 12.0. The first-order valence-electron chi connectivity index (χ1n) is 6.80. The third-order valence-corrected chi connectivity index (χ3v) is 3.44. The Morgan fingerprint density at radius 3 is 2.38 bits per heavy atom. The van der Waals surface area contributed by atoms with Crippen LogP contribution in [0.25, 0.3) is 11.3 Å². The summed E-state index contributed by atoms with van der Waals surface area (Å²) in [7, 11) is 0. The molecule has 0 aliphatic carbocycles. The molecule has 2 rings (SSSR count). The average Bonchev–Trinajstić information content (AvgIpc) is 2.82. The van der Waals surface area contributed by atoms with Gasteiger partial charge in [0.25, 0.3) is 0 Å². The lowest BCUT2D eigenvalue weighted by Crippen LogP contribution is -2.15. The van der Waals surface area contributed by atoms with E-state index in [0.717, 1.165) is 36.6 Å². The van der Waals surface area contributed by atoms with Crippen molar-refractivity contribution >= 4 is 35.6 Å². The van der Waals surface area contributed by atoms with Crippen molar-refractivity contribution in [3.8, 4) is 11.3 Å². The van der Waals surface area contributed by atoms with Gasteiger partial charge < -0.3 is 9.73 Å². The summed E-state index contributed by atoms with van der Waals surface area (Å²) in [5.74, 6) is 2.41. The van der Waals surface area contributed by atoms with Crippen LogP contribution < -0.4 is 5.32 Å². The van der Waals surface area contributed by atoms with E-state index in [-0.39, 0.29) is 12.4 Å². The van der Waals surface area contributed by atoms with Crippen LogP contribution in [0.4, 0.5) is 0 Å². The highest BCUT2D eigenvalue weighted by molar-refractivity contribution is 6.35. The topological polar surface area (TPSA) is 25.2 Å². The van der Waals surface area contributed by atoms with Crippen molar-refractivity contribution in [2.45, 2.75) is 26.8 Å². The van der Waals surface area contributed by atoms with Crippen LogP contribution in [-0.4, -0.2) is 6.54 Å². The Labute approximate surface area is 142 Å². The van der Waals surface area contributed by atoms with Crippen molar-refractivity contribution < 1.29 is 4.42 Å². The highest BCUT2D eigenvalue weighted by atomic mass is 35.5. The van der Waals surface area contributed by atoms with Crippen LogP contribution in [0.3, 0.4) is 0 Å².